The Kier molecular flexibility index (Phi) is 5.33. The lowest BCUT2D eigenvalue weighted by molar-refractivity contribution is 0.0456. The van der Waals surface area contributed by atoms with Crippen LogP contribution in [-0.4, -0.2) is 13.7 Å². The number of hydrogen-bond donors (Lipinski definition) is 0. The normalized spacial score (nSPS) is 12.8. The van der Waals surface area contributed by atoms with E-state index in [1.165, 1.54) is 0 Å². The fourth-order valence-electron chi connectivity index (χ4n) is 1.85. The summed E-state index contributed by atoms with van der Waals surface area (Å²) in [5.74, 6) is 1.53. The second kappa shape index (κ2) is 6.54. The second-order valence-electron chi connectivity index (χ2n) is 4.32. The van der Waals surface area contributed by atoms with Crippen molar-refractivity contribution in [3.63, 3.8) is 0 Å². The fraction of sp³-hybridized carbons (Fsp3) is 0.571. The summed E-state index contributed by atoms with van der Waals surface area (Å²) in [6, 6.07) is 8.09. The third-order valence-corrected chi connectivity index (χ3v) is 2.54. The molecule has 0 fully saturated rings. The fourth-order valence-corrected chi connectivity index (χ4v) is 1.85. The van der Waals surface area contributed by atoms with Crippen LogP contribution in [-0.2, 0) is 4.74 Å². The minimum absolute atomic E-state index is 0.140. The van der Waals surface area contributed by atoms with Gasteiger partial charge in [0, 0.05) is 12.2 Å². The molecule has 0 saturated carbocycles. The highest BCUT2D eigenvalue weighted by atomic mass is 16.5. The highest BCUT2D eigenvalue weighted by molar-refractivity contribution is 5.35. The lowest BCUT2D eigenvalue weighted by atomic mass is 9.98. The third-order valence-electron chi connectivity index (χ3n) is 2.54. The quantitative estimate of drug-likeness (QED) is 0.728. The second-order valence-corrected chi connectivity index (χ2v) is 4.32. The summed E-state index contributed by atoms with van der Waals surface area (Å²) in [7, 11) is 1.71. The van der Waals surface area contributed by atoms with Gasteiger partial charge in [-0.05, 0) is 25.3 Å². The van der Waals surface area contributed by atoms with Crippen LogP contribution in [0.15, 0.2) is 24.3 Å². The van der Waals surface area contributed by atoms with Crippen LogP contribution < -0.4 is 4.74 Å². The summed E-state index contributed by atoms with van der Waals surface area (Å²) >= 11 is 0. The van der Waals surface area contributed by atoms with Crippen LogP contribution in [0.2, 0.25) is 0 Å². The van der Waals surface area contributed by atoms with Crippen LogP contribution in [0.3, 0.4) is 0 Å². The first kappa shape index (κ1) is 13.0. The predicted octanol–water partition coefficient (Wildman–Crippen LogP) is 3.82. The number of rotatable bonds is 6. The van der Waals surface area contributed by atoms with Crippen molar-refractivity contribution < 1.29 is 9.47 Å². The summed E-state index contributed by atoms with van der Waals surface area (Å²) in [5.41, 5.74) is 1.15. The first-order chi connectivity index (χ1) is 7.69. The molecule has 0 aliphatic heterocycles. The molecule has 0 aromatic heterocycles. The molecule has 1 aromatic rings. The number of methoxy groups -OCH3 is 1. The first-order valence-electron chi connectivity index (χ1n) is 5.93. The molecule has 0 aliphatic carbocycles. The van der Waals surface area contributed by atoms with E-state index in [-0.39, 0.29) is 6.10 Å². The average molecular weight is 222 g/mol. The molecule has 0 radical (unpaired) electrons. The van der Waals surface area contributed by atoms with Gasteiger partial charge in [0.2, 0.25) is 0 Å². The number of hydrogen-bond acceptors (Lipinski definition) is 2. The van der Waals surface area contributed by atoms with E-state index < -0.39 is 0 Å². The van der Waals surface area contributed by atoms with Gasteiger partial charge in [0.1, 0.15) is 5.75 Å². The Morgan fingerprint density at radius 1 is 1.19 bits per heavy atom. The van der Waals surface area contributed by atoms with E-state index in [2.05, 4.69) is 19.9 Å². The van der Waals surface area contributed by atoms with Crippen molar-refractivity contribution in [1.82, 2.24) is 0 Å². The molecular weight excluding hydrogens is 200 g/mol. The summed E-state index contributed by atoms with van der Waals surface area (Å²) in [6.07, 6.45) is 1.16. The molecule has 0 N–H and O–H groups in total. The van der Waals surface area contributed by atoms with Crippen molar-refractivity contribution >= 4 is 0 Å². The van der Waals surface area contributed by atoms with E-state index in [4.69, 9.17) is 9.47 Å². The van der Waals surface area contributed by atoms with Crippen molar-refractivity contribution in [2.45, 2.75) is 33.3 Å². The van der Waals surface area contributed by atoms with Gasteiger partial charge in [0.25, 0.3) is 0 Å². The van der Waals surface area contributed by atoms with E-state index in [9.17, 15) is 0 Å². The molecule has 16 heavy (non-hydrogen) atoms. The Morgan fingerprint density at radius 2 is 1.88 bits per heavy atom. The third kappa shape index (κ3) is 3.53. The van der Waals surface area contributed by atoms with E-state index in [0.717, 1.165) is 24.3 Å². The number of benzene rings is 1. The number of para-hydroxylation sites is 1. The zero-order valence-corrected chi connectivity index (χ0v) is 10.7. The molecule has 0 saturated heterocycles. The van der Waals surface area contributed by atoms with E-state index in [0.29, 0.717) is 5.92 Å². The largest absolute Gasteiger partial charge is 0.496 e. The highest BCUT2D eigenvalue weighted by Gasteiger charge is 2.17. The molecule has 90 valence electrons. The van der Waals surface area contributed by atoms with Crippen LogP contribution in [0.4, 0.5) is 0 Å². The topological polar surface area (TPSA) is 18.5 Å². The SMILES string of the molecule is CCO[C@@H](CC(C)C)c1ccccc1OC. The first-order valence-corrected chi connectivity index (χ1v) is 5.93. The van der Waals surface area contributed by atoms with Crippen LogP contribution in [0.1, 0.15) is 38.9 Å². The minimum Gasteiger partial charge on any atom is -0.496 e. The van der Waals surface area contributed by atoms with Crippen molar-refractivity contribution in [3.8, 4) is 5.75 Å². The highest BCUT2D eigenvalue weighted by Crippen LogP contribution is 2.31. The Hall–Kier alpha value is -1.02. The van der Waals surface area contributed by atoms with Gasteiger partial charge >= 0.3 is 0 Å². The van der Waals surface area contributed by atoms with E-state index in [1.807, 2.05) is 25.1 Å². The predicted molar refractivity (Wildman–Crippen MR) is 66.8 cm³/mol. The van der Waals surface area contributed by atoms with Gasteiger partial charge < -0.3 is 9.47 Å². The van der Waals surface area contributed by atoms with Crippen LogP contribution in [0.5, 0.6) is 5.75 Å². The molecule has 1 aromatic carbocycles. The Labute approximate surface area is 98.6 Å². The van der Waals surface area contributed by atoms with Gasteiger partial charge in [-0.15, -0.1) is 0 Å². The Morgan fingerprint density at radius 3 is 2.44 bits per heavy atom. The molecule has 0 bridgehead atoms. The van der Waals surface area contributed by atoms with Crippen molar-refractivity contribution in [3.05, 3.63) is 29.8 Å². The van der Waals surface area contributed by atoms with E-state index >= 15 is 0 Å². The molecule has 1 atom stereocenters. The van der Waals surface area contributed by atoms with Crippen molar-refractivity contribution in [2.24, 2.45) is 5.92 Å². The summed E-state index contributed by atoms with van der Waals surface area (Å²) in [6.45, 7) is 7.18. The van der Waals surface area contributed by atoms with E-state index in [1.54, 1.807) is 7.11 Å². The Bertz CT molecular complexity index is 307. The van der Waals surface area contributed by atoms with Crippen molar-refractivity contribution in [2.75, 3.05) is 13.7 Å². The molecule has 1 rings (SSSR count). The van der Waals surface area contributed by atoms with Gasteiger partial charge in [0.05, 0.1) is 13.2 Å². The van der Waals surface area contributed by atoms with Crippen LogP contribution >= 0.6 is 0 Å². The molecular formula is C14H22O2. The molecule has 2 heteroatoms. The zero-order chi connectivity index (χ0) is 12.0. The maximum Gasteiger partial charge on any atom is 0.124 e. The molecule has 0 spiro atoms. The molecule has 0 amide bonds. The summed E-state index contributed by atoms with van der Waals surface area (Å²) in [5, 5.41) is 0. The summed E-state index contributed by atoms with van der Waals surface area (Å²) < 4.78 is 11.2. The van der Waals surface area contributed by atoms with Gasteiger partial charge in [-0.1, -0.05) is 32.0 Å². The summed E-state index contributed by atoms with van der Waals surface area (Å²) in [4.78, 5) is 0. The number of ether oxygens (including phenoxy) is 2. The molecule has 2 nitrogen and oxygen atoms in total. The Balaban J connectivity index is 2.90. The van der Waals surface area contributed by atoms with Crippen LogP contribution in [0.25, 0.3) is 0 Å². The molecule has 0 aliphatic rings. The zero-order valence-electron chi connectivity index (χ0n) is 10.7. The lowest BCUT2D eigenvalue weighted by Gasteiger charge is -2.21. The monoisotopic (exact) mass is 222 g/mol. The standard InChI is InChI=1S/C14H22O2/c1-5-16-14(10-11(2)3)12-8-6-7-9-13(12)15-4/h6-9,11,14H,5,10H2,1-4H3/t14-/m0/s1. The van der Waals surface area contributed by atoms with Gasteiger partial charge in [-0.2, -0.15) is 0 Å². The average Bonchev–Trinajstić information content (AvgIpc) is 2.28. The van der Waals surface area contributed by atoms with Gasteiger partial charge in [-0.25, -0.2) is 0 Å². The van der Waals surface area contributed by atoms with Gasteiger partial charge in [0.15, 0.2) is 0 Å². The maximum atomic E-state index is 5.80. The maximum absolute atomic E-state index is 5.80. The molecule has 0 heterocycles. The van der Waals surface area contributed by atoms with Gasteiger partial charge in [-0.3, -0.25) is 0 Å². The minimum atomic E-state index is 0.140. The van der Waals surface area contributed by atoms with Crippen molar-refractivity contribution in [1.29, 1.82) is 0 Å². The smallest absolute Gasteiger partial charge is 0.124 e. The molecule has 0 unspecified atom stereocenters. The van der Waals surface area contributed by atoms with Crippen LogP contribution in [0, 0.1) is 5.92 Å². The lowest BCUT2D eigenvalue weighted by Crippen LogP contribution is -2.09.